The predicted molar refractivity (Wildman–Crippen MR) is 84.9 cm³/mol. The average Bonchev–Trinajstić information content (AvgIpc) is 2.43. The first kappa shape index (κ1) is 15.5. The van der Waals surface area contributed by atoms with Crippen molar-refractivity contribution in [3.05, 3.63) is 67.1 Å². The normalized spacial score (nSPS) is 10.2. The number of non-ortho nitro benzene ring substituents is 1. The Hall–Kier alpha value is -1.92. The van der Waals surface area contributed by atoms with E-state index in [4.69, 9.17) is 11.6 Å². The van der Waals surface area contributed by atoms with Crippen molar-refractivity contribution in [2.75, 3.05) is 5.32 Å². The summed E-state index contributed by atoms with van der Waals surface area (Å²) in [7, 11) is 0. The van der Waals surface area contributed by atoms with Gasteiger partial charge in [-0.2, -0.15) is 0 Å². The van der Waals surface area contributed by atoms with Crippen LogP contribution in [0.1, 0.15) is 15.9 Å². The number of carbonyl (C=O) groups excluding carboxylic acids is 1. The quantitative estimate of drug-likeness (QED) is 0.636. The SMILES string of the molecule is Cc1cc(NC(=O)c2cc([N+](=O)[O-])ccc2Cl)ccc1Br. The van der Waals surface area contributed by atoms with E-state index >= 15 is 0 Å². The van der Waals surface area contributed by atoms with Crippen molar-refractivity contribution >= 4 is 44.8 Å². The zero-order chi connectivity index (χ0) is 15.6. The Balaban J connectivity index is 2.29. The number of nitro benzene ring substituents is 1. The van der Waals surface area contributed by atoms with E-state index in [1.807, 2.05) is 6.92 Å². The number of rotatable bonds is 3. The Morgan fingerprint density at radius 2 is 2.00 bits per heavy atom. The van der Waals surface area contributed by atoms with Crippen LogP contribution in [0.15, 0.2) is 40.9 Å². The first-order chi connectivity index (χ1) is 9.88. The Morgan fingerprint density at radius 3 is 2.62 bits per heavy atom. The summed E-state index contributed by atoms with van der Waals surface area (Å²) >= 11 is 9.30. The van der Waals surface area contributed by atoms with Gasteiger partial charge >= 0.3 is 0 Å². The van der Waals surface area contributed by atoms with Gasteiger partial charge in [0, 0.05) is 22.3 Å². The van der Waals surface area contributed by atoms with Crippen molar-refractivity contribution in [2.24, 2.45) is 0 Å². The second-order valence-electron chi connectivity index (χ2n) is 4.34. The van der Waals surface area contributed by atoms with Gasteiger partial charge < -0.3 is 5.32 Å². The zero-order valence-electron chi connectivity index (χ0n) is 10.9. The summed E-state index contributed by atoms with van der Waals surface area (Å²) in [6.07, 6.45) is 0. The standard InChI is InChI=1S/C14H10BrClN2O3/c1-8-6-9(2-4-12(8)15)17-14(19)11-7-10(18(20)21)3-5-13(11)16/h2-7H,1H3,(H,17,19). The smallest absolute Gasteiger partial charge is 0.270 e. The number of benzene rings is 2. The molecular formula is C14H10BrClN2O3. The monoisotopic (exact) mass is 368 g/mol. The maximum atomic E-state index is 12.2. The van der Waals surface area contributed by atoms with E-state index in [0.717, 1.165) is 16.1 Å². The highest BCUT2D eigenvalue weighted by Gasteiger charge is 2.16. The first-order valence-corrected chi connectivity index (χ1v) is 7.07. The highest BCUT2D eigenvalue weighted by molar-refractivity contribution is 9.10. The Morgan fingerprint density at radius 1 is 1.29 bits per heavy atom. The number of carbonyl (C=O) groups is 1. The summed E-state index contributed by atoms with van der Waals surface area (Å²) in [4.78, 5) is 22.4. The second-order valence-corrected chi connectivity index (χ2v) is 5.60. The van der Waals surface area contributed by atoms with Gasteiger partial charge in [-0.3, -0.25) is 14.9 Å². The van der Waals surface area contributed by atoms with E-state index in [0.29, 0.717) is 5.69 Å². The number of halogens is 2. The highest BCUT2D eigenvalue weighted by Crippen LogP contribution is 2.24. The van der Waals surface area contributed by atoms with Crippen molar-refractivity contribution in [1.82, 2.24) is 0 Å². The molecule has 0 unspecified atom stereocenters. The summed E-state index contributed by atoms with van der Waals surface area (Å²) in [6, 6.07) is 9.06. The van der Waals surface area contributed by atoms with Crippen LogP contribution in [0.4, 0.5) is 11.4 Å². The van der Waals surface area contributed by atoms with Gasteiger partial charge in [0.05, 0.1) is 15.5 Å². The van der Waals surface area contributed by atoms with E-state index in [9.17, 15) is 14.9 Å². The number of nitrogens with one attached hydrogen (secondary N) is 1. The summed E-state index contributed by atoms with van der Waals surface area (Å²) < 4.78 is 0.925. The zero-order valence-corrected chi connectivity index (χ0v) is 13.2. The fourth-order valence-corrected chi connectivity index (χ4v) is 2.17. The van der Waals surface area contributed by atoms with Gasteiger partial charge in [0.2, 0.25) is 0 Å². The molecule has 0 heterocycles. The third-order valence-electron chi connectivity index (χ3n) is 2.82. The molecule has 1 amide bonds. The lowest BCUT2D eigenvalue weighted by Crippen LogP contribution is -2.13. The maximum absolute atomic E-state index is 12.2. The lowest BCUT2D eigenvalue weighted by atomic mass is 10.1. The topological polar surface area (TPSA) is 72.2 Å². The van der Waals surface area contributed by atoms with Crippen molar-refractivity contribution < 1.29 is 9.72 Å². The van der Waals surface area contributed by atoms with E-state index in [-0.39, 0.29) is 16.3 Å². The van der Waals surface area contributed by atoms with E-state index < -0.39 is 10.8 Å². The number of amides is 1. The van der Waals surface area contributed by atoms with Gasteiger partial charge in [-0.05, 0) is 36.8 Å². The number of aryl methyl sites for hydroxylation is 1. The van der Waals surface area contributed by atoms with Crippen LogP contribution >= 0.6 is 27.5 Å². The lowest BCUT2D eigenvalue weighted by molar-refractivity contribution is -0.384. The molecule has 0 saturated carbocycles. The molecular weight excluding hydrogens is 360 g/mol. The van der Waals surface area contributed by atoms with Crippen LogP contribution in [0.2, 0.25) is 5.02 Å². The van der Waals surface area contributed by atoms with E-state index in [1.54, 1.807) is 18.2 Å². The molecule has 0 aromatic heterocycles. The van der Waals surface area contributed by atoms with Crippen molar-refractivity contribution in [1.29, 1.82) is 0 Å². The molecule has 1 N–H and O–H groups in total. The summed E-state index contributed by atoms with van der Waals surface area (Å²) in [5, 5.41) is 13.6. The molecule has 0 aliphatic heterocycles. The average molecular weight is 370 g/mol. The summed E-state index contributed by atoms with van der Waals surface area (Å²) in [6.45, 7) is 1.89. The lowest BCUT2D eigenvalue weighted by Gasteiger charge is -2.08. The molecule has 0 bridgehead atoms. The minimum Gasteiger partial charge on any atom is -0.322 e. The molecule has 2 aromatic carbocycles. The van der Waals surface area contributed by atoms with Gasteiger partial charge in [0.15, 0.2) is 0 Å². The molecule has 0 fully saturated rings. The van der Waals surface area contributed by atoms with Crippen LogP contribution in [0.25, 0.3) is 0 Å². The minimum atomic E-state index is -0.573. The second kappa shape index (κ2) is 6.24. The number of nitro groups is 1. The largest absolute Gasteiger partial charge is 0.322 e. The summed E-state index contributed by atoms with van der Waals surface area (Å²) in [5.74, 6) is -0.495. The molecule has 0 radical (unpaired) electrons. The van der Waals surface area contributed by atoms with Gasteiger partial charge in [-0.25, -0.2) is 0 Å². The fraction of sp³-hybridized carbons (Fsp3) is 0.0714. The molecule has 0 aliphatic rings. The third kappa shape index (κ3) is 3.59. The number of nitrogens with zero attached hydrogens (tertiary/aromatic N) is 1. The molecule has 2 aromatic rings. The van der Waals surface area contributed by atoms with Gasteiger partial charge in [0.1, 0.15) is 0 Å². The number of hydrogen-bond acceptors (Lipinski definition) is 3. The van der Waals surface area contributed by atoms with Crippen LogP contribution < -0.4 is 5.32 Å². The van der Waals surface area contributed by atoms with Crippen LogP contribution in [0.3, 0.4) is 0 Å². The first-order valence-electron chi connectivity index (χ1n) is 5.90. The Kier molecular flexibility index (Phi) is 4.59. The minimum absolute atomic E-state index is 0.0615. The summed E-state index contributed by atoms with van der Waals surface area (Å²) in [5.41, 5.74) is 1.42. The molecule has 108 valence electrons. The predicted octanol–water partition coefficient (Wildman–Crippen LogP) is 4.57. The van der Waals surface area contributed by atoms with Crippen molar-refractivity contribution in [2.45, 2.75) is 6.92 Å². The molecule has 5 nitrogen and oxygen atoms in total. The van der Waals surface area contributed by atoms with Crippen LogP contribution in [-0.2, 0) is 0 Å². The van der Waals surface area contributed by atoms with Gasteiger partial charge in [-0.15, -0.1) is 0 Å². The van der Waals surface area contributed by atoms with Gasteiger partial charge in [0.25, 0.3) is 11.6 Å². The molecule has 0 saturated heterocycles. The molecule has 0 aliphatic carbocycles. The van der Waals surface area contributed by atoms with Crippen LogP contribution in [0, 0.1) is 17.0 Å². The molecule has 0 spiro atoms. The van der Waals surface area contributed by atoms with Crippen LogP contribution in [-0.4, -0.2) is 10.8 Å². The molecule has 0 atom stereocenters. The number of anilines is 1. The molecule has 7 heteroatoms. The Bertz CT molecular complexity index is 734. The highest BCUT2D eigenvalue weighted by atomic mass is 79.9. The van der Waals surface area contributed by atoms with Crippen molar-refractivity contribution in [3.8, 4) is 0 Å². The Labute approximate surface area is 134 Å². The molecule has 21 heavy (non-hydrogen) atoms. The molecule has 2 rings (SSSR count). The van der Waals surface area contributed by atoms with Crippen molar-refractivity contribution in [3.63, 3.8) is 0 Å². The maximum Gasteiger partial charge on any atom is 0.270 e. The fourth-order valence-electron chi connectivity index (χ4n) is 1.72. The third-order valence-corrected chi connectivity index (χ3v) is 4.04. The van der Waals surface area contributed by atoms with Gasteiger partial charge in [-0.1, -0.05) is 27.5 Å². The van der Waals surface area contributed by atoms with E-state index in [1.165, 1.54) is 12.1 Å². The van der Waals surface area contributed by atoms with E-state index in [2.05, 4.69) is 21.2 Å². The number of hydrogen-bond donors (Lipinski definition) is 1. The van der Waals surface area contributed by atoms with Crippen LogP contribution in [0.5, 0.6) is 0 Å².